The Morgan fingerprint density at radius 2 is 0.724 bits per heavy atom. The van der Waals surface area contributed by atoms with Gasteiger partial charge >= 0.3 is 5.97 Å². The monoisotopic (exact) mass is 1070 g/mol. The van der Waals surface area contributed by atoms with Crippen LogP contribution in [0.3, 0.4) is 0 Å². The van der Waals surface area contributed by atoms with Crippen LogP contribution >= 0.6 is 0 Å². The Morgan fingerprint density at radius 3 is 1.07 bits per heavy atom. The van der Waals surface area contributed by atoms with E-state index in [0.29, 0.717) is 82.1 Å². The average Bonchev–Trinajstić information content (AvgIpc) is 4.37. The van der Waals surface area contributed by atoms with Crippen LogP contribution in [0.5, 0.6) is 0 Å². The highest BCUT2D eigenvalue weighted by Crippen LogP contribution is 2.32. The molecule has 3 rings (SSSR count). The van der Waals surface area contributed by atoms with Crippen LogP contribution in [0, 0.1) is 0 Å². The Balaban J connectivity index is 0.000000817. The summed E-state index contributed by atoms with van der Waals surface area (Å²) in [5.41, 5.74) is 10.3. The number of carbonyl (C=O) groups is 3. The number of carbonyl (C=O) groups excluding carboxylic acids is 3. The smallest absolute Gasteiger partial charge is 0.305 e. The van der Waals surface area contributed by atoms with E-state index in [4.69, 9.17) is 25.7 Å². The molecule has 3 saturated heterocycles. The summed E-state index contributed by atoms with van der Waals surface area (Å²) < 4.78 is 21.8. The first-order valence-electron chi connectivity index (χ1n) is 31.7. The van der Waals surface area contributed by atoms with E-state index in [0.717, 1.165) is 96.8 Å². The Bertz CT molecular complexity index is 1350. The molecule has 3 fully saturated rings. The van der Waals surface area contributed by atoms with E-state index in [1.807, 2.05) is 0 Å². The highest BCUT2D eigenvalue weighted by atomic mass is 16.6. The zero-order chi connectivity index (χ0) is 55.2. The molecule has 3 aliphatic heterocycles. The molecule has 0 radical (unpaired) electrons. The third-order valence-electron chi connectivity index (χ3n) is 14.4. The van der Waals surface area contributed by atoms with Crippen molar-refractivity contribution < 1.29 is 33.3 Å². The largest absolute Gasteiger partial charge is 0.469 e. The fraction of sp³-hybridized carbons (Fsp3) is 0.857. The van der Waals surface area contributed by atoms with Gasteiger partial charge in [-0.3, -0.25) is 14.4 Å². The van der Waals surface area contributed by atoms with E-state index in [1.54, 1.807) is 0 Å². The fourth-order valence-corrected chi connectivity index (χ4v) is 9.28. The molecule has 0 aromatic heterocycles. The number of unbranched alkanes of at least 4 members (excludes halogenated alkanes) is 21. The van der Waals surface area contributed by atoms with Crippen molar-refractivity contribution >= 4 is 17.8 Å². The molecule has 3 heterocycles. The van der Waals surface area contributed by atoms with Gasteiger partial charge in [0, 0.05) is 71.6 Å². The molecular formula is C63H120N6O7. The molecular weight excluding hydrogens is 953 g/mol. The van der Waals surface area contributed by atoms with E-state index in [-0.39, 0.29) is 17.8 Å². The molecule has 0 aromatic rings. The van der Waals surface area contributed by atoms with Gasteiger partial charge in [0.25, 0.3) is 0 Å². The number of allylic oxidation sites excluding steroid dienone is 3. The minimum absolute atomic E-state index is 0.0850. The van der Waals surface area contributed by atoms with Gasteiger partial charge in [-0.1, -0.05) is 173 Å². The zero-order valence-corrected chi connectivity index (χ0v) is 49.6. The lowest BCUT2D eigenvalue weighted by atomic mass is 10.1. The lowest BCUT2D eigenvalue weighted by molar-refractivity contribution is -0.140. The molecule has 6 atom stereocenters. The Kier molecular flexibility index (Phi) is 51.0. The quantitative estimate of drug-likeness (QED) is 0.0147. The number of nitrogens with one attached hydrogen (secondary N) is 4. The van der Waals surface area contributed by atoms with Crippen LogP contribution in [0.4, 0.5) is 0 Å². The van der Waals surface area contributed by atoms with Crippen molar-refractivity contribution in [3.8, 4) is 0 Å². The predicted octanol–water partition coefficient (Wildman–Crippen LogP) is 12.5. The summed E-state index contributed by atoms with van der Waals surface area (Å²) in [6, 6.07) is 0. The van der Waals surface area contributed by atoms with Gasteiger partial charge in [0.2, 0.25) is 11.8 Å². The first-order chi connectivity index (χ1) is 37.3. The van der Waals surface area contributed by atoms with Gasteiger partial charge < -0.3 is 51.7 Å². The lowest BCUT2D eigenvalue weighted by Crippen LogP contribution is -2.36. The molecule has 8 N–H and O–H groups in total. The van der Waals surface area contributed by atoms with E-state index in [1.165, 1.54) is 148 Å². The SMILES string of the molecule is CCCCCC1OC1CC=CCCCCCCCC(=O)NCCNCCNC(=O)CCCCCCCC=CCC1OC1CCCCC.CCCCCC1OC1CC=CCCCCCCCC(=O)OC.NCCNCCN. The second-order valence-corrected chi connectivity index (χ2v) is 21.5. The molecule has 76 heavy (non-hydrogen) atoms. The summed E-state index contributed by atoms with van der Waals surface area (Å²) in [6.07, 6.45) is 58.3. The minimum atomic E-state index is -0.0850. The maximum atomic E-state index is 12.1. The van der Waals surface area contributed by atoms with Crippen molar-refractivity contribution in [3.05, 3.63) is 36.5 Å². The summed E-state index contributed by atoms with van der Waals surface area (Å²) in [6.45, 7) is 12.6. The average molecular weight is 1070 g/mol. The van der Waals surface area contributed by atoms with E-state index >= 15 is 0 Å². The molecule has 0 aliphatic carbocycles. The first kappa shape index (κ1) is 71.4. The van der Waals surface area contributed by atoms with Crippen LogP contribution in [-0.4, -0.2) is 114 Å². The predicted molar refractivity (Wildman–Crippen MR) is 319 cm³/mol. The van der Waals surface area contributed by atoms with Crippen LogP contribution in [0.15, 0.2) is 36.5 Å². The summed E-state index contributed by atoms with van der Waals surface area (Å²) in [4.78, 5) is 35.0. The summed E-state index contributed by atoms with van der Waals surface area (Å²) in [5, 5.41) is 12.3. The number of methoxy groups -OCH3 is 1. The number of nitrogens with two attached hydrogens (primary N) is 2. The minimum Gasteiger partial charge on any atom is -0.469 e. The van der Waals surface area contributed by atoms with Crippen molar-refractivity contribution in [2.24, 2.45) is 11.5 Å². The highest BCUT2D eigenvalue weighted by molar-refractivity contribution is 5.76. The van der Waals surface area contributed by atoms with E-state index in [9.17, 15) is 14.4 Å². The molecule has 0 saturated carbocycles. The van der Waals surface area contributed by atoms with Crippen molar-refractivity contribution in [2.75, 3.05) is 59.5 Å². The first-order valence-corrected chi connectivity index (χ1v) is 31.7. The summed E-state index contributed by atoms with van der Waals surface area (Å²) in [7, 11) is 1.45. The molecule has 13 heteroatoms. The molecule has 2 amide bonds. The van der Waals surface area contributed by atoms with Gasteiger partial charge in [0.15, 0.2) is 0 Å². The zero-order valence-electron chi connectivity index (χ0n) is 49.6. The van der Waals surface area contributed by atoms with E-state index in [2.05, 4.69) is 83.2 Å². The molecule has 0 bridgehead atoms. The number of esters is 1. The van der Waals surface area contributed by atoms with Gasteiger partial charge in [-0.25, -0.2) is 0 Å². The maximum Gasteiger partial charge on any atom is 0.305 e. The van der Waals surface area contributed by atoms with Crippen molar-refractivity contribution in [1.82, 2.24) is 21.3 Å². The Labute approximate surface area is 466 Å². The maximum absolute atomic E-state index is 12.1. The highest BCUT2D eigenvalue weighted by Gasteiger charge is 2.37. The number of hydrogen-bond acceptors (Lipinski definition) is 11. The number of rotatable bonds is 52. The fourth-order valence-electron chi connectivity index (χ4n) is 9.28. The third-order valence-corrected chi connectivity index (χ3v) is 14.4. The standard InChI is InChI=1S/C40H73N3O4.C19H34O3.C4H13N3/c1-3-5-19-25-35-37(46-35)27-21-15-11-7-9-13-17-23-29-39(44)42-33-31-41-32-34-43-40(45)30-24-18-14-10-8-12-16-22-28-38-36(47-38)26-20-6-4-2;1-3-4-11-14-17-18(22-17)15-12-9-7-5-6-8-10-13-16-19(20)21-2;5-1-3-7-4-2-6/h15-16,21-22,35-38,41H,3-14,17-20,23-34H2,1-2H3,(H,42,44)(H,43,45);9,12,17-18H,3-8,10-11,13-16H2,1-2H3;7H,1-6H2. The van der Waals surface area contributed by atoms with Crippen LogP contribution < -0.4 is 32.7 Å². The molecule has 13 nitrogen and oxygen atoms in total. The number of ether oxygens (including phenoxy) is 4. The topological polar surface area (TPSA) is 198 Å². The Morgan fingerprint density at radius 1 is 0.395 bits per heavy atom. The number of epoxide rings is 3. The van der Waals surface area contributed by atoms with Gasteiger partial charge in [0.1, 0.15) is 0 Å². The van der Waals surface area contributed by atoms with Crippen LogP contribution in [0.1, 0.15) is 252 Å². The lowest BCUT2D eigenvalue weighted by Gasteiger charge is -2.08. The third kappa shape index (κ3) is 48.5. The van der Waals surface area contributed by atoms with Gasteiger partial charge in [-0.2, -0.15) is 0 Å². The summed E-state index contributed by atoms with van der Waals surface area (Å²) in [5.74, 6) is 0.201. The normalized spacial score (nSPS) is 19.3. The molecule has 6 unspecified atom stereocenters. The summed E-state index contributed by atoms with van der Waals surface area (Å²) >= 11 is 0. The molecule has 444 valence electrons. The molecule has 0 spiro atoms. The van der Waals surface area contributed by atoms with Crippen molar-refractivity contribution in [1.29, 1.82) is 0 Å². The van der Waals surface area contributed by atoms with Crippen LogP contribution in [-0.2, 0) is 33.3 Å². The van der Waals surface area contributed by atoms with Crippen molar-refractivity contribution in [2.45, 2.75) is 289 Å². The van der Waals surface area contributed by atoms with Gasteiger partial charge in [-0.15, -0.1) is 0 Å². The second kappa shape index (κ2) is 54.3. The Hall–Kier alpha value is -2.65. The van der Waals surface area contributed by atoms with E-state index < -0.39 is 0 Å². The van der Waals surface area contributed by atoms with Crippen molar-refractivity contribution in [3.63, 3.8) is 0 Å². The van der Waals surface area contributed by atoms with Crippen LogP contribution in [0.2, 0.25) is 0 Å². The molecule has 0 aromatic carbocycles. The molecule has 3 aliphatic rings. The van der Waals surface area contributed by atoms with Gasteiger partial charge in [-0.05, 0) is 96.3 Å². The number of amides is 2. The van der Waals surface area contributed by atoms with Crippen LogP contribution in [0.25, 0.3) is 0 Å². The number of hydrogen-bond donors (Lipinski definition) is 6. The van der Waals surface area contributed by atoms with Gasteiger partial charge in [0.05, 0.1) is 43.7 Å². The second-order valence-electron chi connectivity index (χ2n) is 21.5.